The van der Waals surface area contributed by atoms with Crippen molar-refractivity contribution >= 4 is 22.7 Å². The fourth-order valence-electron chi connectivity index (χ4n) is 8.46. The lowest BCUT2D eigenvalue weighted by molar-refractivity contribution is -0.255. The number of likely N-dealkylation sites (tertiary alicyclic amines) is 1. The van der Waals surface area contributed by atoms with Crippen molar-refractivity contribution in [2.45, 2.75) is 88.2 Å². The molecule has 2 saturated carbocycles. The van der Waals surface area contributed by atoms with Crippen LogP contribution >= 0.6 is 0 Å². The highest BCUT2D eigenvalue weighted by molar-refractivity contribution is 6.11. The van der Waals surface area contributed by atoms with Crippen LogP contribution in [-0.2, 0) is 26.1 Å². The monoisotopic (exact) mass is 607 g/mol. The van der Waals surface area contributed by atoms with Gasteiger partial charge in [-0.2, -0.15) is 4.98 Å². The van der Waals surface area contributed by atoms with Crippen molar-refractivity contribution < 1.29 is 28.5 Å². The summed E-state index contributed by atoms with van der Waals surface area (Å²) in [5.74, 6) is 0.157. The maximum Gasteiger partial charge on any atom is 0.330 e. The Hall–Kier alpha value is -3.11. The van der Waals surface area contributed by atoms with Crippen molar-refractivity contribution in [3.63, 3.8) is 0 Å². The smallest absolute Gasteiger partial charge is 0.330 e. The lowest BCUT2D eigenvalue weighted by Crippen LogP contribution is -2.60. The zero-order chi connectivity index (χ0) is 30.6. The number of imidazole rings is 1. The predicted octanol–water partition coefficient (Wildman–Crippen LogP) is 2.42. The maximum absolute atomic E-state index is 14.4. The molecule has 0 amide bonds. The maximum atomic E-state index is 14.4. The number of rotatable bonds is 6. The third-order valence-corrected chi connectivity index (χ3v) is 10.8. The first kappa shape index (κ1) is 29.6. The molecular weight excluding hydrogens is 566 g/mol. The number of likely N-dealkylation sites (N-methyl/N-ethyl adjacent to an activating group) is 1. The molecule has 236 valence electrons. The highest BCUT2D eigenvalue weighted by Gasteiger charge is 2.63. The summed E-state index contributed by atoms with van der Waals surface area (Å²) in [4.78, 5) is 53.9. The number of terminal acetylenes is 1. The van der Waals surface area contributed by atoms with Crippen LogP contribution in [-0.4, -0.2) is 93.5 Å². The van der Waals surface area contributed by atoms with Gasteiger partial charge in [0.2, 0.25) is 17.5 Å². The Morgan fingerprint density at radius 1 is 1.02 bits per heavy atom. The third kappa shape index (κ3) is 4.46. The van der Waals surface area contributed by atoms with Gasteiger partial charge in [0.05, 0.1) is 43.2 Å². The van der Waals surface area contributed by atoms with E-state index in [9.17, 15) is 14.4 Å². The van der Waals surface area contributed by atoms with E-state index in [1.54, 1.807) is 11.6 Å². The lowest BCUT2D eigenvalue weighted by Gasteiger charge is -2.51. The van der Waals surface area contributed by atoms with Gasteiger partial charge in [-0.1, -0.05) is 18.8 Å². The molecule has 5 fully saturated rings. The van der Waals surface area contributed by atoms with E-state index in [0.29, 0.717) is 70.5 Å². The fourth-order valence-corrected chi connectivity index (χ4v) is 8.46. The Balaban J connectivity index is 1.32. The first-order valence-corrected chi connectivity index (χ1v) is 16.1. The highest BCUT2D eigenvalue weighted by atomic mass is 16.7. The summed E-state index contributed by atoms with van der Waals surface area (Å²) in [6.45, 7) is 2.65. The minimum Gasteiger partial charge on any atom is -0.458 e. The van der Waals surface area contributed by atoms with Crippen molar-refractivity contribution in [3.05, 3.63) is 16.3 Å². The fraction of sp³-hybridized carbons (Fsp3) is 0.719. The number of ketones is 2. The molecule has 2 aliphatic carbocycles. The number of fused-ring (bicyclic) bond motifs is 2. The van der Waals surface area contributed by atoms with Gasteiger partial charge in [0.1, 0.15) is 0 Å². The van der Waals surface area contributed by atoms with Crippen LogP contribution in [0.25, 0.3) is 11.2 Å². The van der Waals surface area contributed by atoms with E-state index >= 15 is 0 Å². The molecule has 12 heteroatoms. The Morgan fingerprint density at radius 2 is 1.80 bits per heavy atom. The van der Waals surface area contributed by atoms with E-state index in [-0.39, 0.29) is 40.9 Å². The van der Waals surface area contributed by atoms with Gasteiger partial charge in [0.15, 0.2) is 28.8 Å². The Labute approximate surface area is 256 Å². The predicted molar refractivity (Wildman–Crippen MR) is 158 cm³/mol. The van der Waals surface area contributed by atoms with Crippen LogP contribution in [0.1, 0.15) is 80.9 Å². The molecule has 5 atom stereocenters. The largest absolute Gasteiger partial charge is 0.458 e. The van der Waals surface area contributed by atoms with Crippen LogP contribution in [0.5, 0.6) is 5.88 Å². The molecule has 2 aromatic heterocycles. The number of carbonyl (C=O) groups excluding carboxylic acids is 2. The van der Waals surface area contributed by atoms with Crippen LogP contribution < -0.4 is 10.4 Å². The van der Waals surface area contributed by atoms with Crippen LogP contribution in [0.3, 0.4) is 0 Å². The van der Waals surface area contributed by atoms with Crippen LogP contribution in [0.15, 0.2) is 4.79 Å². The number of aromatic nitrogens is 4. The van der Waals surface area contributed by atoms with Gasteiger partial charge in [-0.15, -0.1) is 6.42 Å². The number of aryl methyl sites for hydroxylation is 1. The molecule has 0 N–H and O–H groups in total. The van der Waals surface area contributed by atoms with Crippen molar-refractivity contribution in [3.8, 4) is 18.2 Å². The molecule has 0 aromatic carbocycles. The summed E-state index contributed by atoms with van der Waals surface area (Å²) in [6, 6.07) is -0.292. The van der Waals surface area contributed by atoms with Gasteiger partial charge < -0.3 is 18.9 Å². The van der Waals surface area contributed by atoms with Crippen LogP contribution in [0.2, 0.25) is 0 Å². The second-order valence-electron chi connectivity index (χ2n) is 13.1. The second kappa shape index (κ2) is 11.4. The summed E-state index contributed by atoms with van der Waals surface area (Å²) in [5.41, 5.74) is -0.528. The van der Waals surface area contributed by atoms with Gasteiger partial charge in [0.25, 0.3) is 0 Å². The zero-order valence-electron chi connectivity index (χ0n) is 25.6. The molecule has 44 heavy (non-hydrogen) atoms. The molecule has 7 rings (SSSR count). The van der Waals surface area contributed by atoms with E-state index in [2.05, 4.69) is 15.8 Å². The molecule has 3 aliphatic heterocycles. The lowest BCUT2D eigenvalue weighted by atomic mass is 9.57. The summed E-state index contributed by atoms with van der Waals surface area (Å²) in [6.07, 6.45) is 12.6. The van der Waals surface area contributed by atoms with E-state index in [1.165, 1.54) is 4.57 Å². The summed E-state index contributed by atoms with van der Waals surface area (Å²) in [5, 5.41) is 0. The van der Waals surface area contributed by atoms with Gasteiger partial charge in [-0.05, 0) is 58.5 Å². The minimum absolute atomic E-state index is 0.0415. The quantitative estimate of drug-likeness (QED) is 0.275. The Morgan fingerprint density at radius 3 is 2.50 bits per heavy atom. The van der Waals surface area contributed by atoms with Crippen LogP contribution in [0.4, 0.5) is 0 Å². The minimum atomic E-state index is -0.976. The number of Topliss-reactive ketones (excluding diaryl/α,β-unsaturated/α-hetero) is 2. The number of hydrogen-bond donors (Lipinski definition) is 0. The molecule has 2 spiro atoms. The average Bonchev–Trinajstić information content (AvgIpc) is 3.84. The standard InChI is InChI=1S/C32H41N5O7/c1-4-23(22-10-8-15-35(22)2)44-29-24-28(37(30(40)36(24)3)20-11-16-41-19-20)33-27(34-29)25(38)21-9-7-13-31(26(21)39)12-5-6-14-32(31)42-17-18-43-32/h1,20-23H,5-19H2,2-3H3/t20-,21?,22+,23+,31+/m1/s1. The van der Waals surface area contributed by atoms with Gasteiger partial charge >= 0.3 is 5.69 Å². The highest BCUT2D eigenvalue weighted by Crippen LogP contribution is 2.56. The molecule has 3 saturated heterocycles. The third-order valence-electron chi connectivity index (χ3n) is 10.8. The first-order valence-electron chi connectivity index (χ1n) is 16.1. The number of hydrogen-bond acceptors (Lipinski definition) is 10. The van der Waals surface area contributed by atoms with Gasteiger partial charge in [-0.25, -0.2) is 9.78 Å². The summed E-state index contributed by atoms with van der Waals surface area (Å²) < 4.78 is 27.4. The van der Waals surface area contributed by atoms with Gasteiger partial charge in [0, 0.05) is 20.1 Å². The molecule has 2 aromatic rings. The summed E-state index contributed by atoms with van der Waals surface area (Å²) in [7, 11) is 3.64. The molecular formula is C32H41N5O7. The van der Waals surface area contributed by atoms with E-state index in [0.717, 1.165) is 32.2 Å². The molecule has 5 aliphatic rings. The molecule has 12 nitrogen and oxygen atoms in total. The Kier molecular flexibility index (Phi) is 7.64. The average molecular weight is 608 g/mol. The van der Waals surface area contributed by atoms with Crippen molar-refractivity contribution in [2.75, 3.05) is 40.0 Å². The Bertz CT molecular complexity index is 1560. The molecule has 0 radical (unpaired) electrons. The molecule has 1 unspecified atom stereocenters. The molecule has 0 bridgehead atoms. The van der Waals surface area contributed by atoms with Crippen molar-refractivity contribution in [1.29, 1.82) is 0 Å². The van der Waals surface area contributed by atoms with Gasteiger partial charge in [-0.3, -0.25) is 23.6 Å². The first-order chi connectivity index (χ1) is 21.3. The van der Waals surface area contributed by atoms with Crippen LogP contribution in [0, 0.1) is 23.7 Å². The SMILES string of the molecule is C#C[C@H](Oc1nc(C(=O)C2CCC[C@@]3(CCCCC34OCCO4)C2=O)nc2c1n(C)c(=O)n2[C@@H]1CCOC1)[C@@H]1CCCN1C. The van der Waals surface area contributed by atoms with Crippen molar-refractivity contribution in [2.24, 2.45) is 18.4 Å². The van der Waals surface area contributed by atoms with E-state index in [4.69, 9.17) is 30.4 Å². The normalized spacial score (nSPS) is 31.2. The van der Waals surface area contributed by atoms with E-state index in [1.807, 2.05) is 7.05 Å². The van der Waals surface area contributed by atoms with E-state index < -0.39 is 29.0 Å². The summed E-state index contributed by atoms with van der Waals surface area (Å²) >= 11 is 0. The zero-order valence-corrected chi connectivity index (χ0v) is 25.6. The second-order valence-corrected chi connectivity index (χ2v) is 13.1. The van der Waals surface area contributed by atoms with Crippen molar-refractivity contribution in [1.82, 2.24) is 24.0 Å². The number of ether oxygens (including phenoxy) is 4. The number of nitrogens with zero attached hydrogens (tertiary/aromatic N) is 5. The number of carbonyl (C=O) groups is 2. The topological polar surface area (TPSA) is 127 Å². The molecule has 5 heterocycles.